The molecule has 13 heavy (non-hydrogen) atoms. The van der Waals surface area contributed by atoms with Crippen LogP contribution < -0.4 is 10.6 Å². The zero-order valence-electron chi connectivity index (χ0n) is 7.20. The average molecular weight is 178 g/mol. The first-order valence-corrected chi connectivity index (χ1v) is 4.15. The number of nitrogens with one attached hydrogen (secondary N) is 2. The molecule has 3 amide bonds. The zero-order chi connectivity index (χ0) is 9.42. The number of urea groups is 1. The summed E-state index contributed by atoms with van der Waals surface area (Å²) in [5.41, 5.74) is 1.07. The molecule has 2 rings (SSSR count). The molecule has 2 aliphatic rings. The predicted molar refractivity (Wildman–Crippen MR) is 46.8 cm³/mol. The Bertz CT molecular complexity index is 331. The first kappa shape index (κ1) is 8.04. The van der Waals surface area contributed by atoms with E-state index in [2.05, 4.69) is 10.6 Å². The summed E-state index contributed by atoms with van der Waals surface area (Å²) in [6.07, 6.45) is 5.59. The van der Waals surface area contributed by atoms with Crippen LogP contribution in [0.4, 0.5) is 4.79 Å². The van der Waals surface area contributed by atoms with Gasteiger partial charge in [-0.2, -0.15) is 0 Å². The van der Waals surface area contributed by atoms with Crippen LogP contribution >= 0.6 is 0 Å². The van der Waals surface area contributed by atoms with Crippen LogP contribution in [0.1, 0.15) is 6.92 Å². The Morgan fingerprint density at radius 3 is 2.92 bits per heavy atom. The minimum Gasteiger partial charge on any atom is -0.330 e. The molecule has 0 saturated carbocycles. The van der Waals surface area contributed by atoms with E-state index in [4.69, 9.17) is 0 Å². The Kier molecular flexibility index (Phi) is 1.69. The summed E-state index contributed by atoms with van der Waals surface area (Å²) in [5.74, 6) is -0.477. The van der Waals surface area contributed by atoms with E-state index in [-0.39, 0.29) is 17.9 Å². The van der Waals surface area contributed by atoms with Crippen molar-refractivity contribution < 1.29 is 9.59 Å². The van der Waals surface area contributed by atoms with Crippen molar-refractivity contribution >= 4 is 11.9 Å². The van der Waals surface area contributed by atoms with Gasteiger partial charge in [-0.15, -0.1) is 0 Å². The molecule has 2 atom stereocenters. The van der Waals surface area contributed by atoms with Gasteiger partial charge in [0.15, 0.2) is 0 Å². The number of hydrogen-bond acceptors (Lipinski definition) is 2. The molecule has 0 spiro atoms. The smallest absolute Gasteiger partial charge is 0.321 e. The molecule has 1 saturated heterocycles. The van der Waals surface area contributed by atoms with Crippen LogP contribution in [0.25, 0.3) is 0 Å². The summed E-state index contributed by atoms with van der Waals surface area (Å²) < 4.78 is 0. The van der Waals surface area contributed by atoms with Crippen molar-refractivity contribution in [3.8, 4) is 0 Å². The van der Waals surface area contributed by atoms with E-state index in [0.29, 0.717) is 0 Å². The van der Waals surface area contributed by atoms with Crippen molar-refractivity contribution in [2.45, 2.75) is 13.0 Å². The number of fused-ring (bicyclic) bond motifs is 1. The number of rotatable bonds is 0. The summed E-state index contributed by atoms with van der Waals surface area (Å²) in [5, 5.41) is 4.90. The quantitative estimate of drug-likeness (QED) is 0.561. The van der Waals surface area contributed by atoms with Gasteiger partial charge >= 0.3 is 6.03 Å². The summed E-state index contributed by atoms with van der Waals surface area (Å²) in [4.78, 5) is 22.2. The van der Waals surface area contributed by atoms with Gasteiger partial charge < -0.3 is 5.32 Å². The second-order valence-corrected chi connectivity index (χ2v) is 3.28. The Balaban J connectivity index is 2.27. The molecule has 1 fully saturated rings. The highest BCUT2D eigenvalue weighted by Gasteiger charge is 2.33. The monoisotopic (exact) mass is 178 g/mol. The van der Waals surface area contributed by atoms with Crippen LogP contribution in [0.5, 0.6) is 0 Å². The highest BCUT2D eigenvalue weighted by atomic mass is 16.2. The third-order valence-electron chi connectivity index (χ3n) is 2.23. The lowest BCUT2D eigenvalue weighted by atomic mass is 9.90. The van der Waals surface area contributed by atoms with Crippen molar-refractivity contribution in [1.82, 2.24) is 10.6 Å². The molecule has 0 aromatic carbocycles. The molecule has 68 valence electrons. The van der Waals surface area contributed by atoms with Gasteiger partial charge in [0.1, 0.15) is 0 Å². The number of amides is 3. The van der Waals surface area contributed by atoms with E-state index < -0.39 is 6.03 Å². The van der Waals surface area contributed by atoms with E-state index in [1.807, 2.05) is 25.2 Å². The third kappa shape index (κ3) is 1.35. The predicted octanol–water partition coefficient (Wildman–Crippen LogP) is 0.327. The summed E-state index contributed by atoms with van der Waals surface area (Å²) in [7, 11) is 0. The van der Waals surface area contributed by atoms with Gasteiger partial charge in [0.05, 0.1) is 12.0 Å². The Morgan fingerprint density at radius 1 is 1.38 bits per heavy atom. The Morgan fingerprint density at radius 2 is 2.15 bits per heavy atom. The van der Waals surface area contributed by atoms with E-state index in [1.165, 1.54) is 0 Å². The molecule has 4 nitrogen and oxygen atoms in total. The van der Waals surface area contributed by atoms with Crippen molar-refractivity contribution in [1.29, 1.82) is 0 Å². The number of allylic oxidation sites excluding steroid dienone is 2. The standard InChI is InChI=1S/C9H10N2O2/c1-5-2-3-6-7(4-5)10-9(13)11-8(6)12/h2-4,6-7H,1H3,(H2,10,11,12,13). The SMILES string of the molecule is CC1=CC2NC(=O)NC(=O)C2C=C1. The largest absolute Gasteiger partial charge is 0.330 e. The first-order valence-electron chi connectivity index (χ1n) is 4.15. The van der Waals surface area contributed by atoms with E-state index >= 15 is 0 Å². The second kappa shape index (κ2) is 2.73. The molecule has 0 bridgehead atoms. The number of hydrogen-bond donors (Lipinski definition) is 2. The summed E-state index contributed by atoms with van der Waals surface area (Å²) >= 11 is 0. The lowest BCUT2D eigenvalue weighted by Gasteiger charge is -2.29. The fourth-order valence-electron chi connectivity index (χ4n) is 1.58. The highest BCUT2D eigenvalue weighted by Crippen LogP contribution is 2.19. The van der Waals surface area contributed by atoms with Crippen molar-refractivity contribution in [2.75, 3.05) is 0 Å². The van der Waals surface area contributed by atoms with Gasteiger partial charge in [0, 0.05) is 0 Å². The van der Waals surface area contributed by atoms with Crippen LogP contribution in [-0.4, -0.2) is 18.0 Å². The molecule has 1 aliphatic heterocycles. The summed E-state index contributed by atoms with van der Waals surface area (Å²) in [6, 6.07) is -0.586. The highest BCUT2D eigenvalue weighted by molar-refractivity contribution is 5.99. The maximum absolute atomic E-state index is 11.3. The molecular weight excluding hydrogens is 168 g/mol. The fraction of sp³-hybridized carbons (Fsp3) is 0.333. The Labute approximate surface area is 75.7 Å². The number of carbonyl (C=O) groups excluding carboxylic acids is 2. The first-order chi connectivity index (χ1) is 6.16. The van der Waals surface area contributed by atoms with Crippen LogP contribution in [-0.2, 0) is 4.79 Å². The van der Waals surface area contributed by atoms with Gasteiger partial charge in [-0.3, -0.25) is 10.1 Å². The van der Waals surface area contributed by atoms with Gasteiger partial charge in [-0.25, -0.2) is 4.79 Å². The maximum atomic E-state index is 11.3. The lowest BCUT2D eigenvalue weighted by Crippen LogP contribution is -2.57. The van der Waals surface area contributed by atoms with Gasteiger partial charge in [0.25, 0.3) is 0 Å². The van der Waals surface area contributed by atoms with Crippen LogP contribution in [0.2, 0.25) is 0 Å². The molecule has 2 N–H and O–H groups in total. The average Bonchev–Trinajstić information content (AvgIpc) is 2.02. The normalized spacial score (nSPS) is 31.6. The van der Waals surface area contributed by atoms with E-state index in [0.717, 1.165) is 5.57 Å². The molecule has 0 aromatic rings. The van der Waals surface area contributed by atoms with Crippen LogP contribution in [0.15, 0.2) is 23.8 Å². The third-order valence-corrected chi connectivity index (χ3v) is 2.23. The maximum Gasteiger partial charge on any atom is 0.321 e. The van der Waals surface area contributed by atoms with Gasteiger partial charge in [0.2, 0.25) is 5.91 Å². The molecule has 2 unspecified atom stereocenters. The van der Waals surface area contributed by atoms with Crippen molar-refractivity contribution in [3.05, 3.63) is 23.8 Å². The zero-order valence-corrected chi connectivity index (χ0v) is 7.20. The van der Waals surface area contributed by atoms with Crippen LogP contribution in [0.3, 0.4) is 0 Å². The molecular formula is C9H10N2O2. The molecule has 4 heteroatoms. The second-order valence-electron chi connectivity index (χ2n) is 3.28. The van der Waals surface area contributed by atoms with E-state index in [1.54, 1.807) is 0 Å². The Hall–Kier alpha value is -1.58. The van der Waals surface area contributed by atoms with Crippen molar-refractivity contribution in [2.24, 2.45) is 5.92 Å². The minimum absolute atomic E-state index is 0.175. The topological polar surface area (TPSA) is 58.2 Å². The minimum atomic E-state index is -0.411. The molecule has 1 aliphatic carbocycles. The van der Waals surface area contributed by atoms with E-state index in [9.17, 15) is 9.59 Å². The number of imide groups is 1. The molecule has 1 heterocycles. The van der Waals surface area contributed by atoms with Crippen LogP contribution in [0, 0.1) is 5.92 Å². The fourth-order valence-corrected chi connectivity index (χ4v) is 1.58. The van der Waals surface area contributed by atoms with Gasteiger partial charge in [-0.1, -0.05) is 23.8 Å². The van der Waals surface area contributed by atoms with Crippen molar-refractivity contribution in [3.63, 3.8) is 0 Å². The van der Waals surface area contributed by atoms with Gasteiger partial charge in [-0.05, 0) is 6.92 Å². The lowest BCUT2D eigenvalue weighted by molar-refractivity contribution is -0.123. The molecule has 0 radical (unpaired) electrons. The molecule has 0 aromatic heterocycles. The number of carbonyl (C=O) groups is 2. The summed E-state index contributed by atoms with van der Waals surface area (Å²) in [6.45, 7) is 1.94.